The number of oxime groups is 1. The summed E-state index contributed by atoms with van der Waals surface area (Å²) in [6.45, 7) is 7.68. The van der Waals surface area contributed by atoms with Crippen LogP contribution in [0.5, 0.6) is 0 Å². The lowest BCUT2D eigenvalue weighted by Crippen LogP contribution is -2.43. The van der Waals surface area contributed by atoms with Crippen LogP contribution in [0.15, 0.2) is 5.16 Å². The van der Waals surface area contributed by atoms with E-state index >= 15 is 0 Å². The van der Waals surface area contributed by atoms with Crippen LogP contribution in [-0.4, -0.2) is 46.4 Å². The molecule has 0 bridgehead atoms. The summed E-state index contributed by atoms with van der Waals surface area (Å²) in [6.07, 6.45) is 0. The van der Waals surface area contributed by atoms with Gasteiger partial charge < -0.3 is 14.8 Å². The van der Waals surface area contributed by atoms with Crippen LogP contribution in [-0.2, 0) is 14.3 Å². The molecule has 6 heteroatoms. The molecular formula is C11H18N2O4. The van der Waals surface area contributed by atoms with Gasteiger partial charge in [-0.15, -0.1) is 0 Å². The van der Waals surface area contributed by atoms with Gasteiger partial charge in [0.15, 0.2) is 5.71 Å². The van der Waals surface area contributed by atoms with Gasteiger partial charge in [0, 0.05) is 12.1 Å². The number of amides is 1. The standard InChI is InChI=1S/C11H18N2O4/c1-5-17-10(15)7-6-13(11(2,3)4)9(14)8(7)12-16/h7,16H,5-6H2,1-4H3. The molecule has 0 radical (unpaired) electrons. The molecule has 0 spiro atoms. The van der Waals surface area contributed by atoms with Crippen molar-refractivity contribution in [2.75, 3.05) is 13.2 Å². The van der Waals surface area contributed by atoms with Gasteiger partial charge in [0.25, 0.3) is 5.91 Å². The summed E-state index contributed by atoms with van der Waals surface area (Å²) in [6, 6.07) is 0. The minimum absolute atomic E-state index is 0.140. The molecule has 17 heavy (non-hydrogen) atoms. The van der Waals surface area contributed by atoms with E-state index in [9.17, 15) is 9.59 Å². The number of hydrogen-bond donors (Lipinski definition) is 1. The lowest BCUT2D eigenvalue weighted by molar-refractivity contribution is -0.145. The number of hydrogen-bond acceptors (Lipinski definition) is 5. The third-order valence-corrected chi connectivity index (χ3v) is 2.65. The van der Waals surface area contributed by atoms with Crippen molar-refractivity contribution in [3.63, 3.8) is 0 Å². The summed E-state index contributed by atoms with van der Waals surface area (Å²) in [7, 11) is 0. The molecule has 0 aromatic carbocycles. The summed E-state index contributed by atoms with van der Waals surface area (Å²) < 4.78 is 4.86. The van der Waals surface area contributed by atoms with E-state index in [4.69, 9.17) is 9.94 Å². The van der Waals surface area contributed by atoms with Gasteiger partial charge in [-0.1, -0.05) is 5.16 Å². The highest BCUT2D eigenvalue weighted by Crippen LogP contribution is 2.25. The first-order valence-corrected chi connectivity index (χ1v) is 5.53. The molecule has 0 aliphatic carbocycles. The van der Waals surface area contributed by atoms with Crippen molar-refractivity contribution < 1.29 is 19.5 Å². The van der Waals surface area contributed by atoms with Crippen LogP contribution >= 0.6 is 0 Å². The first-order valence-electron chi connectivity index (χ1n) is 5.53. The van der Waals surface area contributed by atoms with Gasteiger partial charge in [0.05, 0.1) is 6.61 Å². The highest BCUT2D eigenvalue weighted by Gasteiger charge is 2.46. The summed E-state index contributed by atoms with van der Waals surface area (Å²) in [5.74, 6) is -1.75. The van der Waals surface area contributed by atoms with Crippen LogP contribution < -0.4 is 0 Å². The highest BCUT2D eigenvalue weighted by atomic mass is 16.5. The van der Waals surface area contributed by atoms with Crippen molar-refractivity contribution in [3.05, 3.63) is 0 Å². The smallest absolute Gasteiger partial charge is 0.317 e. The van der Waals surface area contributed by atoms with E-state index in [0.717, 1.165) is 0 Å². The van der Waals surface area contributed by atoms with Crippen molar-refractivity contribution in [3.8, 4) is 0 Å². The zero-order valence-electron chi connectivity index (χ0n) is 10.6. The molecule has 6 nitrogen and oxygen atoms in total. The summed E-state index contributed by atoms with van der Waals surface area (Å²) in [5.41, 5.74) is -0.563. The molecule has 1 heterocycles. The maximum atomic E-state index is 11.9. The Bertz CT molecular complexity index is 357. The molecule has 0 aromatic rings. The monoisotopic (exact) mass is 242 g/mol. The number of likely N-dealkylation sites (tertiary alicyclic amines) is 1. The van der Waals surface area contributed by atoms with Crippen LogP contribution in [0.25, 0.3) is 0 Å². The molecule has 0 aromatic heterocycles. The van der Waals surface area contributed by atoms with E-state index in [1.165, 1.54) is 4.90 Å². The van der Waals surface area contributed by atoms with Gasteiger partial charge in [-0.3, -0.25) is 9.59 Å². The Balaban J connectivity index is 2.96. The van der Waals surface area contributed by atoms with E-state index in [2.05, 4.69) is 5.16 Å². The Morgan fingerprint density at radius 2 is 2.18 bits per heavy atom. The molecule has 1 rings (SSSR count). The van der Waals surface area contributed by atoms with Gasteiger partial charge in [-0.2, -0.15) is 0 Å². The zero-order valence-corrected chi connectivity index (χ0v) is 10.6. The quantitative estimate of drug-likeness (QED) is 0.438. The molecule has 1 saturated heterocycles. The fourth-order valence-electron chi connectivity index (χ4n) is 1.76. The Hall–Kier alpha value is -1.59. The number of ether oxygens (including phenoxy) is 1. The molecule has 0 saturated carbocycles. The van der Waals surface area contributed by atoms with Crippen molar-refractivity contribution in [2.24, 2.45) is 11.1 Å². The maximum absolute atomic E-state index is 11.9. The fourth-order valence-corrected chi connectivity index (χ4v) is 1.76. The van der Waals surface area contributed by atoms with Crippen molar-refractivity contribution in [1.29, 1.82) is 0 Å². The van der Waals surface area contributed by atoms with Gasteiger partial charge in [0.1, 0.15) is 5.92 Å². The molecule has 1 amide bonds. The van der Waals surface area contributed by atoms with Gasteiger partial charge in [-0.05, 0) is 27.7 Å². The molecule has 1 aliphatic heterocycles. The number of rotatable bonds is 2. The average Bonchev–Trinajstić information content (AvgIpc) is 2.55. The molecule has 96 valence electrons. The molecule has 1 fully saturated rings. The van der Waals surface area contributed by atoms with E-state index < -0.39 is 23.3 Å². The highest BCUT2D eigenvalue weighted by molar-refractivity contribution is 6.44. The van der Waals surface area contributed by atoms with Crippen molar-refractivity contribution >= 4 is 17.6 Å². The van der Waals surface area contributed by atoms with E-state index in [1.807, 2.05) is 20.8 Å². The number of esters is 1. The Morgan fingerprint density at radius 3 is 2.59 bits per heavy atom. The fraction of sp³-hybridized carbons (Fsp3) is 0.727. The molecule has 1 unspecified atom stereocenters. The molecule has 1 atom stereocenters. The largest absolute Gasteiger partial charge is 0.465 e. The number of nitrogens with zero attached hydrogens (tertiary/aromatic N) is 2. The second-order valence-electron chi connectivity index (χ2n) is 4.88. The second-order valence-corrected chi connectivity index (χ2v) is 4.88. The third kappa shape index (κ3) is 2.57. The predicted octanol–water partition coefficient (Wildman–Crippen LogP) is 0.637. The molecular weight excluding hydrogens is 224 g/mol. The SMILES string of the molecule is CCOC(=O)C1CN(C(C)(C)C)C(=O)C1=NO. The topological polar surface area (TPSA) is 79.2 Å². The van der Waals surface area contributed by atoms with Crippen molar-refractivity contribution in [1.82, 2.24) is 4.90 Å². The summed E-state index contributed by atoms with van der Waals surface area (Å²) >= 11 is 0. The lowest BCUT2D eigenvalue weighted by Gasteiger charge is -2.31. The van der Waals surface area contributed by atoms with E-state index in [-0.39, 0.29) is 18.9 Å². The lowest BCUT2D eigenvalue weighted by atomic mass is 10.1. The first kappa shape index (κ1) is 13.5. The first-order chi connectivity index (χ1) is 7.82. The molecule has 1 aliphatic rings. The van der Waals surface area contributed by atoms with Gasteiger partial charge >= 0.3 is 5.97 Å². The Kier molecular flexibility index (Phi) is 3.75. The number of carbonyl (C=O) groups is 2. The van der Waals surface area contributed by atoms with Crippen molar-refractivity contribution in [2.45, 2.75) is 33.2 Å². The van der Waals surface area contributed by atoms with Crippen LogP contribution in [0.2, 0.25) is 0 Å². The summed E-state index contributed by atoms with van der Waals surface area (Å²) in [4.78, 5) is 25.1. The zero-order chi connectivity index (χ0) is 13.2. The second kappa shape index (κ2) is 4.73. The van der Waals surface area contributed by atoms with Gasteiger partial charge in [-0.25, -0.2) is 0 Å². The normalized spacial score (nSPS) is 23.3. The van der Waals surface area contributed by atoms with Crippen LogP contribution in [0.1, 0.15) is 27.7 Å². The summed E-state index contributed by atoms with van der Waals surface area (Å²) in [5, 5.41) is 11.8. The minimum Gasteiger partial charge on any atom is -0.465 e. The Labute approximate surface area is 100 Å². The van der Waals surface area contributed by atoms with Crippen LogP contribution in [0.4, 0.5) is 0 Å². The third-order valence-electron chi connectivity index (χ3n) is 2.65. The van der Waals surface area contributed by atoms with Crippen LogP contribution in [0.3, 0.4) is 0 Å². The number of carbonyl (C=O) groups excluding carboxylic acids is 2. The maximum Gasteiger partial charge on any atom is 0.317 e. The van der Waals surface area contributed by atoms with E-state index in [1.54, 1.807) is 6.92 Å². The van der Waals surface area contributed by atoms with Gasteiger partial charge in [0.2, 0.25) is 0 Å². The average molecular weight is 242 g/mol. The molecule has 1 N–H and O–H groups in total. The van der Waals surface area contributed by atoms with E-state index in [0.29, 0.717) is 0 Å². The predicted molar refractivity (Wildman–Crippen MR) is 60.8 cm³/mol. The van der Waals surface area contributed by atoms with Crippen LogP contribution in [0, 0.1) is 5.92 Å². The minimum atomic E-state index is -0.799. The Morgan fingerprint density at radius 1 is 1.59 bits per heavy atom.